The van der Waals surface area contributed by atoms with Gasteiger partial charge in [0.15, 0.2) is 0 Å². The van der Waals surface area contributed by atoms with E-state index in [0.717, 1.165) is 13.0 Å². The van der Waals surface area contributed by atoms with Crippen LogP contribution in [0.3, 0.4) is 0 Å². The number of methoxy groups -OCH3 is 1. The van der Waals surface area contributed by atoms with Crippen LogP contribution in [-0.2, 0) is 14.3 Å². The fraction of sp³-hybridized carbons (Fsp3) is 0.938. The first-order valence-corrected chi connectivity index (χ1v) is 7.97. The Kier molecular flexibility index (Phi) is 9.83. The zero-order valence-electron chi connectivity index (χ0n) is 14.9. The van der Waals surface area contributed by atoms with E-state index in [0.29, 0.717) is 25.7 Å². The predicted octanol–water partition coefficient (Wildman–Crippen LogP) is 2.05. The van der Waals surface area contributed by atoms with Crippen molar-refractivity contribution in [2.24, 2.45) is 0 Å². The molecule has 0 rings (SSSR count). The molecule has 0 aliphatic heterocycles. The van der Waals surface area contributed by atoms with Gasteiger partial charge >= 0.3 is 5.97 Å². The van der Waals surface area contributed by atoms with Gasteiger partial charge < -0.3 is 14.8 Å². The van der Waals surface area contributed by atoms with Gasteiger partial charge in [0.25, 0.3) is 0 Å². The SMILES string of the molecule is CCOC(=O)C(C)(CC(C)N(CCOC)C(C)CC)NC. The smallest absolute Gasteiger partial charge is 0.326 e. The molecule has 0 aromatic rings. The summed E-state index contributed by atoms with van der Waals surface area (Å²) in [6, 6.07) is 0.718. The molecular formula is C16H34N2O3. The van der Waals surface area contributed by atoms with Gasteiger partial charge in [-0.3, -0.25) is 9.69 Å². The monoisotopic (exact) mass is 302 g/mol. The minimum absolute atomic E-state index is 0.185. The first-order valence-electron chi connectivity index (χ1n) is 7.97. The summed E-state index contributed by atoms with van der Waals surface area (Å²) in [5, 5.41) is 3.13. The van der Waals surface area contributed by atoms with Gasteiger partial charge in [0, 0.05) is 25.7 Å². The van der Waals surface area contributed by atoms with E-state index in [2.05, 4.69) is 31.0 Å². The van der Waals surface area contributed by atoms with E-state index in [4.69, 9.17) is 9.47 Å². The Morgan fingerprint density at radius 3 is 2.33 bits per heavy atom. The van der Waals surface area contributed by atoms with Crippen molar-refractivity contribution in [3.63, 3.8) is 0 Å². The lowest BCUT2D eigenvalue weighted by Gasteiger charge is -2.38. The highest BCUT2D eigenvalue weighted by Crippen LogP contribution is 2.20. The zero-order valence-corrected chi connectivity index (χ0v) is 14.9. The number of esters is 1. The van der Waals surface area contributed by atoms with E-state index in [-0.39, 0.29) is 12.0 Å². The molecule has 0 saturated carbocycles. The van der Waals surface area contributed by atoms with Crippen LogP contribution in [-0.4, -0.2) is 62.4 Å². The van der Waals surface area contributed by atoms with E-state index >= 15 is 0 Å². The summed E-state index contributed by atoms with van der Waals surface area (Å²) in [4.78, 5) is 14.6. The van der Waals surface area contributed by atoms with E-state index in [1.54, 1.807) is 7.11 Å². The van der Waals surface area contributed by atoms with Crippen molar-refractivity contribution in [2.45, 2.75) is 65.1 Å². The number of hydrogen-bond donors (Lipinski definition) is 1. The zero-order chi connectivity index (χ0) is 16.5. The third kappa shape index (κ3) is 6.32. The van der Waals surface area contributed by atoms with E-state index in [9.17, 15) is 4.79 Å². The topological polar surface area (TPSA) is 50.8 Å². The maximum absolute atomic E-state index is 12.2. The maximum atomic E-state index is 12.2. The van der Waals surface area contributed by atoms with Gasteiger partial charge in [-0.05, 0) is 47.6 Å². The Morgan fingerprint density at radius 2 is 1.90 bits per heavy atom. The second-order valence-corrected chi connectivity index (χ2v) is 5.84. The molecular weight excluding hydrogens is 268 g/mol. The average molecular weight is 302 g/mol. The standard InChI is InChI=1S/C16H34N2O3/c1-8-13(3)18(10-11-20-7)14(4)12-16(5,17-6)15(19)21-9-2/h13-14,17H,8-12H2,1-7H3. The van der Waals surface area contributed by atoms with Gasteiger partial charge in [0.05, 0.1) is 13.2 Å². The summed E-state index contributed by atoms with van der Waals surface area (Å²) in [6.07, 6.45) is 1.78. The van der Waals surface area contributed by atoms with Crippen LogP contribution in [0.15, 0.2) is 0 Å². The Hall–Kier alpha value is -0.650. The molecule has 0 radical (unpaired) electrons. The summed E-state index contributed by atoms with van der Waals surface area (Å²) in [5.41, 5.74) is -0.659. The molecule has 0 heterocycles. The molecule has 0 aliphatic rings. The number of hydrogen-bond acceptors (Lipinski definition) is 5. The van der Waals surface area contributed by atoms with Crippen molar-refractivity contribution in [2.75, 3.05) is 33.9 Å². The average Bonchev–Trinajstić information content (AvgIpc) is 2.47. The van der Waals surface area contributed by atoms with Crippen LogP contribution in [0.4, 0.5) is 0 Å². The Labute approximate surface area is 130 Å². The third-order valence-electron chi connectivity index (χ3n) is 4.26. The molecule has 0 spiro atoms. The second-order valence-electron chi connectivity index (χ2n) is 5.84. The number of likely N-dealkylation sites (N-methyl/N-ethyl adjacent to an activating group) is 1. The summed E-state index contributed by atoms with van der Waals surface area (Å²) in [6.45, 7) is 12.3. The quantitative estimate of drug-likeness (QED) is 0.592. The number of nitrogens with zero attached hydrogens (tertiary/aromatic N) is 1. The lowest BCUT2D eigenvalue weighted by molar-refractivity contribution is -0.151. The van der Waals surface area contributed by atoms with Gasteiger partial charge in [-0.15, -0.1) is 0 Å². The molecule has 0 amide bonds. The van der Waals surface area contributed by atoms with Crippen molar-refractivity contribution in [1.29, 1.82) is 0 Å². The summed E-state index contributed by atoms with van der Waals surface area (Å²) in [5.74, 6) is -0.185. The number of nitrogens with one attached hydrogen (secondary N) is 1. The highest BCUT2D eigenvalue weighted by Gasteiger charge is 2.36. The Bertz CT molecular complexity index is 299. The second kappa shape index (κ2) is 10.1. The van der Waals surface area contributed by atoms with Crippen molar-refractivity contribution in [1.82, 2.24) is 10.2 Å². The van der Waals surface area contributed by atoms with E-state index in [1.807, 2.05) is 20.9 Å². The van der Waals surface area contributed by atoms with Gasteiger partial charge in [-0.25, -0.2) is 0 Å². The summed E-state index contributed by atoms with van der Waals surface area (Å²) in [7, 11) is 3.53. The first kappa shape index (κ1) is 20.3. The van der Waals surface area contributed by atoms with Crippen LogP contribution in [0.1, 0.15) is 47.5 Å². The van der Waals surface area contributed by atoms with Gasteiger partial charge in [-0.1, -0.05) is 6.92 Å². The summed E-state index contributed by atoms with van der Waals surface area (Å²) >= 11 is 0. The third-order valence-corrected chi connectivity index (χ3v) is 4.26. The number of carbonyl (C=O) groups excluding carboxylic acids is 1. The van der Waals surface area contributed by atoms with Crippen LogP contribution in [0.25, 0.3) is 0 Å². The van der Waals surface area contributed by atoms with E-state index in [1.165, 1.54) is 0 Å². The minimum Gasteiger partial charge on any atom is -0.465 e. The van der Waals surface area contributed by atoms with Gasteiger partial charge in [0.2, 0.25) is 0 Å². The molecule has 0 fully saturated rings. The predicted molar refractivity (Wildman–Crippen MR) is 86.5 cm³/mol. The number of ether oxygens (including phenoxy) is 2. The van der Waals surface area contributed by atoms with Gasteiger partial charge in [-0.2, -0.15) is 0 Å². The van der Waals surface area contributed by atoms with E-state index < -0.39 is 5.54 Å². The molecule has 0 aliphatic carbocycles. The first-order chi connectivity index (χ1) is 9.86. The van der Waals surface area contributed by atoms with Crippen LogP contribution in [0.5, 0.6) is 0 Å². The lowest BCUT2D eigenvalue weighted by Crippen LogP contribution is -2.54. The highest BCUT2D eigenvalue weighted by molar-refractivity contribution is 5.80. The molecule has 126 valence electrons. The largest absolute Gasteiger partial charge is 0.465 e. The molecule has 0 aromatic heterocycles. The summed E-state index contributed by atoms with van der Waals surface area (Å²) < 4.78 is 10.4. The van der Waals surface area contributed by atoms with Crippen molar-refractivity contribution >= 4 is 5.97 Å². The lowest BCUT2D eigenvalue weighted by atomic mass is 9.92. The highest BCUT2D eigenvalue weighted by atomic mass is 16.5. The number of carbonyl (C=O) groups is 1. The van der Waals surface area contributed by atoms with Crippen LogP contribution >= 0.6 is 0 Å². The Morgan fingerprint density at radius 1 is 1.29 bits per heavy atom. The fourth-order valence-electron chi connectivity index (χ4n) is 2.59. The van der Waals surface area contributed by atoms with Crippen LogP contribution in [0.2, 0.25) is 0 Å². The minimum atomic E-state index is -0.659. The maximum Gasteiger partial charge on any atom is 0.326 e. The molecule has 0 saturated heterocycles. The molecule has 1 N–H and O–H groups in total. The normalized spacial score (nSPS) is 17.3. The molecule has 3 unspecified atom stereocenters. The van der Waals surface area contributed by atoms with Crippen molar-refractivity contribution in [3.05, 3.63) is 0 Å². The molecule has 0 aromatic carbocycles. The molecule has 5 nitrogen and oxygen atoms in total. The molecule has 3 atom stereocenters. The number of rotatable bonds is 11. The fourth-order valence-corrected chi connectivity index (χ4v) is 2.59. The van der Waals surface area contributed by atoms with Crippen LogP contribution in [0, 0.1) is 0 Å². The molecule has 0 bridgehead atoms. The van der Waals surface area contributed by atoms with Crippen LogP contribution < -0.4 is 5.32 Å². The Balaban J connectivity index is 4.90. The molecule has 5 heteroatoms. The van der Waals surface area contributed by atoms with Gasteiger partial charge in [0.1, 0.15) is 5.54 Å². The molecule has 21 heavy (non-hydrogen) atoms. The van der Waals surface area contributed by atoms with Crippen molar-refractivity contribution in [3.8, 4) is 0 Å². The van der Waals surface area contributed by atoms with Crippen molar-refractivity contribution < 1.29 is 14.3 Å².